The van der Waals surface area contributed by atoms with Crippen LogP contribution in [0.5, 0.6) is 0 Å². The topological polar surface area (TPSA) is 38.9 Å². The molecule has 0 aliphatic rings. The fourth-order valence-electron chi connectivity index (χ4n) is 4.86. The molecular formula is C34H26N2O. The molecule has 0 fully saturated rings. The molecule has 0 saturated heterocycles. The number of aromatic nitrogens is 2. The number of hydrogen-bond acceptors (Lipinski definition) is 3. The lowest BCUT2D eigenvalue weighted by molar-refractivity contribution is 0.669. The van der Waals surface area contributed by atoms with Crippen molar-refractivity contribution in [3.05, 3.63) is 127 Å². The van der Waals surface area contributed by atoms with Crippen LogP contribution in [0.4, 0.5) is 0 Å². The first kappa shape index (κ1) is 22.7. The number of benzene rings is 4. The molecule has 0 amide bonds. The maximum absolute atomic E-state index is 6.20. The lowest BCUT2D eigenvalue weighted by atomic mass is 10.00. The highest BCUT2D eigenvalue weighted by Gasteiger charge is 2.17. The van der Waals surface area contributed by atoms with Gasteiger partial charge in [-0.2, -0.15) is 0 Å². The van der Waals surface area contributed by atoms with Gasteiger partial charge in [-0.25, -0.2) is 9.97 Å². The Bertz CT molecular complexity index is 1810. The fourth-order valence-corrected chi connectivity index (χ4v) is 4.86. The summed E-state index contributed by atoms with van der Waals surface area (Å²) in [7, 11) is 0. The summed E-state index contributed by atoms with van der Waals surface area (Å²) in [6, 6.07) is 33.2. The van der Waals surface area contributed by atoms with Crippen molar-refractivity contribution < 1.29 is 4.42 Å². The fraction of sp³-hybridized carbons (Fsp3) is 0.0588. The van der Waals surface area contributed by atoms with E-state index in [1.54, 1.807) is 0 Å². The van der Waals surface area contributed by atoms with E-state index in [4.69, 9.17) is 14.4 Å². The molecule has 6 rings (SSSR count). The highest BCUT2D eigenvalue weighted by molar-refractivity contribution is 6.12. The Morgan fingerprint density at radius 2 is 1.54 bits per heavy atom. The molecule has 0 aliphatic heterocycles. The molecule has 3 nitrogen and oxygen atoms in total. The van der Waals surface area contributed by atoms with E-state index in [1.807, 2.05) is 49.4 Å². The Morgan fingerprint density at radius 3 is 2.35 bits per heavy atom. The molecule has 0 unspecified atom stereocenters. The van der Waals surface area contributed by atoms with Crippen molar-refractivity contribution in [2.45, 2.75) is 13.8 Å². The average molecular weight is 479 g/mol. The summed E-state index contributed by atoms with van der Waals surface area (Å²) >= 11 is 0. The normalized spacial score (nSPS) is 11.8. The number of rotatable bonds is 5. The van der Waals surface area contributed by atoms with Gasteiger partial charge in [0.05, 0.1) is 11.4 Å². The Hall–Kier alpha value is -4.76. The van der Waals surface area contributed by atoms with E-state index < -0.39 is 0 Å². The third kappa shape index (κ3) is 4.15. The summed E-state index contributed by atoms with van der Waals surface area (Å²) in [5.74, 6) is 0.674. The molecule has 4 aromatic carbocycles. The van der Waals surface area contributed by atoms with Crippen LogP contribution in [0.3, 0.4) is 0 Å². The minimum Gasteiger partial charge on any atom is -0.456 e. The summed E-state index contributed by atoms with van der Waals surface area (Å²) in [4.78, 5) is 10.1. The third-order valence-electron chi connectivity index (χ3n) is 6.71. The summed E-state index contributed by atoms with van der Waals surface area (Å²) in [5.41, 5.74) is 9.82. The maximum Gasteiger partial charge on any atom is 0.160 e. The van der Waals surface area contributed by atoms with Crippen molar-refractivity contribution in [1.29, 1.82) is 0 Å². The zero-order valence-electron chi connectivity index (χ0n) is 20.9. The van der Waals surface area contributed by atoms with Gasteiger partial charge in [-0.1, -0.05) is 91.0 Å². The Labute approximate surface area is 216 Å². The minimum atomic E-state index is 0.674. The Kier molecular flexibility index (Phi) is 5.74. The van der Waals surface area contributed by atoms with Gasteiger partial charge in [0.25, 0.3) is 0 Å². The van der Waals surface area contributed by atoms with Gasteiger partial charge in [0.2, 0.25) is 0 Å². The van der Waals surface area contributed by atoms with Crippen LogP contribution in [0, 0.1) is 6.92 Å². The van der Waals surface area contributed by atoms with Crippen LogP contribution >= 0.6 is 0 Å². The summed E-state index contributed by atoms with van der Waals surface area (Å²) < 4.78 is 6.20. The van der Waals surface area contributed by atoms with Gasteiger partial charge >= 0.3 is 0 Å². The van der Waals surface area contributed by atoms with Crippen LogP contribution in [0.25, 0.3) is 61.3 Å². The largest absolute Gasteiger partial charge is 0.456 e. The highest BCUT2D eigenvalue weighted by atomic mass is 16.3. The molecular weight excluding hydrogens is 452 g/mol. The van der Waals surface area contributed by atoms with Gasteiger partial charge < -0.3 is 4.42 Å². The molecule has 0 bridgehead atoms. The van der Waals surface area contributed by atoms with Crippen molar-refractivity contribution in [3.63, 3.8) is 0 Å². The van der Waals surface area contributed by atoms with Crippen LogP contribution in [-0.4, -0.2) is 9.97 Å². The van der Waals surface area contributed by atoms with Crippen LogP contribution in [0.15, 0.2) is 120 Å². The lowest BCUT2D eigenvalue weighted by Crippen LogP contribution is -1.98. The Balaban J connectivity index is 1.60. The van der Waals surface area contributed by atoms with Crippen molar-refractivity contribution >= 4 is 27.5 Å². The Morgan fingerprint density at radius 1 is 0.757 bits per heavy atom. The molecule has 2 heterocycles. The summed E-state index contributed by atoms with van der Waals surface area (Å²) in [6.45, 7) is 8.12. The summed E-state index contributed by atoms with van der Waals surface area (Å²) in [5, 5.41) is 2.16. The number of nitrogens with zero attached hydrogens (tertiary/aromatic N) is 2. The maximum atomic E-state index is 6.20. The molecule has 2 aromatic heterocycles. The van der Waals surface area contributed by atoms with Gasteiger partial charge in [-0.05, 0) is 60.9 Å². The van der Waals surface area contributed by atoms with Crippen molar-refractivity contribution in [2.75, 3.05) is 0 Å². The average Bonchev–Trinajstić information content (AvgIpc) is 3.32. The standard InChI is InChI=1S/C34H26N2O/c1-4-23(5-2)29-21-30(27-15-10-16-32-33(27)28-19-22(3)17-18-31(28)37-32)36-34(35-29)26-14-9-13-25(20-26)24-11-7-6-8-12-24/h4-21H,1H2,2-3H3/b23-5+. The number of hydrogen-bond donors (Lipinski definition) is 0. The van der Waals surface area contributed by atoms with E-state index in [-0.39, 0.29) is 0 Å². The molecule has 6 aromatic rings. The van der Waals surface area contributed by atoms with Gasteiger partial charge in [0.1, 0.15) is 11.2 Å². The summed E-state index contributed by atoms with van der Waals surface area (Å²) in [6.07, 6.45) is 3.87. The molecule has 0 N–H and O–H groups in total. The molecule has 0 radical (unpaired) electrons. The van der Waals surface area contributed by atoms with E-state index in [2.05, 4.69) is 80.2 Å². The van der Waals surface area contributed by atoms with E-state index in [1.165, 1.54) is 5.56 Å². The first-order chi connectivity index (χ1) is 18.1. The number of allylic oxidation sites excluding steroid dienone is 3. The number of fused-ring (bicyclic) bond motifs is 3. The van der Waals surface area contributed by atoms with Gasteiger partial charge in [0.15, 0.2) is 5.82 Å². The molecule has 0 saturated carbocycles. The van der Waals surface area contributed by atoms with E-state index >= 15 is 0 Å². The third-order valence-corrected chi connectivity index (χ3v) is 6.71. The second kappa shape index (κ2) is 9.36. The number of furan rings is 1. The van der Waals surface area contributed by atoms with Gasteiger partial charge in [0, 0.05) is 21.9 Å². The van der Waals surface area contributed by atoms with Crippen LogP contribution in [-0.2, 0) is 0 Å². The van der Waals surface area contributed by atoms with E-state index in [9.17, 15) is 0 Å². The first-order valence-corrected chi connectivity index (χ1v) is 12.4. The first-order valence-electron chi connectivity index (χ1n) is 12.4. The van der Waals surface area contributed by atoms with Crippen LogP contribution in [0.2, 0.25) is 0 Å². The van der Waals surface area contributed by atoms with Crippen molar-refractivity contribution in [3.8, 4) is 33.8 Å². The molecule has 3 heteroatoms. The minimum absolute atomic E-state index is 0.674. The molecule has 0 spiro atoms. The molecule has 178 valence electrons. The number of aryl methyl sites for hydroxylation is 1. The van der Waals surface area contributed by atoms with Crippen LogP contribution < -0.4 is 0 Å². The monoisotopic (exact) mass is 478 g/mol. The SMILES string of the molecule is C=C/C(=C\C)c1cc(-c2cccc3oc4ccc(C)cc4c23)nc(-c2cccc(-c3ccccc3)c2)n1. The predicted octanol–water partition coefficient (Wildman–Crippen LogP) is 9.27. The van der Waals surface area contributed by atoms with Gasteiger partial charge in [-0.3, -0.25) is 0 Å². The van der Waals surface area contributed by atoms with Crippen LogP contribution in [0.1, 0.15) is 18.2 Å². The second-order valence-electron chi connectivity index (χ2n) is 9.14. The zero-order valence-corrected chi connectivity index (χ0v) is 20.9. The van der Waals surface area contributed by atoms with Crippen molar-refractivity contribution in [2.24, 2.45) is 0 Å². The second-order valence-corrected chi connectivity index (χ2v) is 9.14. The van der Waals surface area contributed by atoms with Gasteiger partial charge in [-0.15, -0.1) is 0 Å². The lowest BCUT2D eigenvalue weighted by Gasteiger charge is -2.11. The quantitative estimate of drug-likeness (QED) is 0.232. The molecule has 0 atom stereocenters. The van der Waals surface area contributed by atoms with E-state index in [0.717, 1.165) is 61.2 Å². The van der Waals surface area contributed by atoms with Crippen molar-refractivity contribution in [1.82, 2.24) is 9.97 Å². The smallest absolute Gasteiger partial charge is 0.160 e. The van der Waals surface area contributed by atoms with E-state index in [0.29, 0.717) is 5.82 Å². The highest BCUT2D eigenvalue weighted by Crippen LogP contribution is 2.37. The molecule has 0 aliphatic carbocycles. The predicted molar refractivity (Wildman–Crippen MR) is 154 cm³/mol. The molecule has 37 heavy (non-hydrogen) atoms. The zero-order chi connectivity index (χ0) is 25.4.